The van der Waals surface area contributed by atoms with Crippen LogP contribution in [0.1, 0.15) is 193 Å². The third-order valence-corrected chi connectivity index (χ3v) is 15.9. The van der Waals surface area contributed by atoms with E-state index in [1.807, 2.05) is 12.1 Å². The second kappa shape index (κ2) is 19.7. The van der Waals surface area contributed by atoms with Gasteiger partial charge in [0.15, 0.2) is 6.10 Å². The summed E-state index contributed by atoms with van der Waals surface area (Å²) in [6, 6.07) is 6.19. The molecule has 10 atom stereocenters. The summed E-state index contributed by atoms with van der Waals surface area (Å²) in [5.41, 5.74) is 16.3. The molecule has 3 unspecified atom stereocenters. The van der Waals surface area contributed by atoms with E-state index in [1.54, 1.807) is 7.11 Å². The highest BCUT2D eigenvalue weighted by molar-refractivity contribution is 5.74. The highest BCUT2D eigenvalue weighted by Gasteiger charge is 2.60. The van der Waals surface area contributed by atoms with Gasteiger partial charge in [-0.2, -0.15) is 0 Å². The summed E-state index contributed by atoms with van der Waals surface area (Å²) in [6.07, 6.45) is 31.0. The van der Waals surface area contributed by atoms with Crippen LogP contribution in [-0.4, -0.2) is 25.8 Å². The van der Waals surface area contributed by atoms with Gasteiger partial charge in [0.1, 0.15) is 0 Å². The number of carbonyl (C=O) groups is 1. The zero-order chi connectivity index (χ0) is 37.1. The van der Waals surface area contributed by atoms with E-state index in [0.29, 0.717) is 35.2 Å². The van der Waals surface area contributed by atoms with Crippen LogP contribution < -0.4 is 11.5 Å². The largest absolute Gasteiger partial charge is 0.464 e. The molecule has 4 aliphatic carbocycles. The van der Waals surface area contributed by atoms with Gasteiger partial charge < -0.3 is 20.9 Å². The van der Waals surface area contributed by atoms with Crippen molar-refractivity contribution in [3.63, 3.8) is 0 Å². The molecule has 0 radical (unpaired) electrons. The Hall–Kier alpha value is -1.75. The molecule has 0 amide bonds. The zero-order valence-corrected chi connectivity index (χ0v) is 34.4. The lowest BCUT2D eigenvalue weighted by atomic mass is 9.43. The van der Waals surface area contributed by atoms with Gasteiger partial charge in [-0.25, -0.2) is 4.79 Å². The molecule has 0 heterocycles. The van der Waals surface area contributed by atoms with Crippen LogP contribution in [0.3, 0.4) is 0 Å². The van der Waals surface area contributed by atoms with Gasteiger partial charge in [0, 0.05) is 18.5 Å². The molecule has 296 valence electrons. The lowest BCUT2D eigenvalue weighted by molar-refractivity contribution is -0.157. The standard InChI is InChI=1S/C47H80N2O3/c1-6-7-8-9-10-11-12-13-14-15-16-17-18-19-30-52-45(50)44(51-5)31-34(2)40-24-25-41-39-22-20-36-32-35(38-23-21-37(48)33-43(38)49)26-28-46(36,3)42(39)27-29-47(40,41)4/h21,23,33-36,39-42,44H,6-20,22,24-32,48-49H2,1-5H3/t34-,35?,36?,39+,40-,41+,42+,44?,46+,47-/m1/s1. The van der Waals surface area contributed by atoms with Gasteiger partial charge in [-0.1, -0.05) is 117 Å². The number of hydrogen-bond acceptors (Lipinski definition) is 5. The van der Waals surface area contributed by atoms with Crippen LogP contribution in [0.25, 0.3) is 0 Å². The monoisotopic (exact) mass is 721 g/mol. The molecule has 1 aromatic rings. The van der Waals surface area contributed by atoms with Crippen LogP contribution in [0, 0.1) is 46.3 Å². The first-order valence-corrected chi connectivity index (χ1v) is 22.5. The fraction of sp³-hybridized carbons (Fsp3) is 0.851. The predicted octanol–water partition coefficient (Wildman–Crippen LogP) is 12.7. The Balaban J connectivity index is 1.01. The number of benzene rings is 1. The second-order valence-electron chi connectivity index (χ2n) is 18.9. The fourth-order valence-corrected chi connectivity index (χ4v) is 12.8. The van der Waals surface area contributed by atoms with Crippen LogP contribution in [0.4, 0.5) is 11.4 Å². The van der Waals surface area contributed by atoms with Gasteiger partial charge in [-0.3, -0.25) is 0 Å². The molecule has 1 aromatic carbocycles. The summed E-state index contributed by atoms with van der Waals surface area (Å²) < 4.78 is 11.6. The first-order valence-electron chi connectivity index (χ1n) is 22.5. The quantitative estimate of drug-likeness (QED) is 0.0750. The summed E-state index contributed by atoms with van der Waals surface area (Å²) in [6.45, 7) is 10.5. The molecule has 5 heteroatoms. The van der Waals surface area contributed by atoms with Gasteiger partial charge in [0.2, 0.25) is 0 Å². The summed E-state index contributed by atoms with van der Waals surface area (Å²) in [4.78, 5) is 13.2. The van der Waals surface area contributed by atoms with Crippen molar-refractivity contribution in [2.75, 3.05) is 25.2 Å². The maximum Gasteiger partial charge on any atom is 0.335 e. The third-order valence-electron chi connectivity index (χ3n) is 15.9. The Bertz CT molecular complexity index is 1230. The van der Waals surface area contributed by atoms with E-state index < -0.39 is 6.10 Å². The van der Waals surface area contributed by atoms with Crippen molar-refractivity contribution < 1.29 is 14.3 Å². The number of methoxy groups -OCH3 is 1. The van der Waals surface area contributed by atoms with E-state index in [1.165, 1.54) is 140 Å². The maximum atomic E-state index is 13.2. The number of ether oxygens (including phenoxy) is 2. The number of nitrogen functional groups attached to an aromatic ring is 2. The van der Waals surface area contributed by atoms with Crippen molar-refractivity contribution in [1.82, 2.24) is 0 Å². The second-order valence-corrected chi connectivity index (χ2v) is 18.9. The van der Waals surface area contributed by atoms with Gasteiger partial charge >= 0.3 is 5.97 Å². The number of anilines is 2. The molecule has 0 bridgehead atoms. The number of nitrogens with two attached hydrogens (primary N) is 2. The van der Waals surface area contributed by atoms with Crippen LogP contribution in [0.5, 0.6) is 0 Å². The van der Waals surface area contributed by atoms with Crippen molar-refractivity contribution in [2.45, 2.75) is 194 Å². The Kier molecular flexibility index (Phi) is 15.7. The average molecular weight is 721 g/mol. The third kappa shape index (κ3) is 9.91. The topological polar surface area (TPSA) is 87.6 Å². The SMILES string of the molecule is CCCCCCCCCCCCCCCCOC(=O)C(C[C@@H](C)[C@H]1CC[C@H]2[C@@H]3CCC4CC(c5ccc(N)cc5N)CC[C@]4(C)[C@H]3CC[C@]12C)OC. The number of hydrogen-bond donors (Lipinski definition) is 2. The number of esters is 1. The van der Waals surface area contributed by atoms with Crippen molar-refractivity contribution in [3.8, 4) is 0 Å². The molecular weight excluding hydrogens is 641 g/mol. The van der Waals surface area contributed by atoms with E-state index in [2.05, 4.69) is 33.8 Å². The van der Waals surface area contributed by atoms with Crippen molar-refractivity contribution >= 4 is 17.3 Å². The molecule has 4 N–H and O–H groups in total. The molecule has 0 aliphatic heterocycles. The summed E-state index contributed by atoms with van der Waals surface area (Å²) in [7, 11) is 1.70. The van der Waals surface area contributed by atoms with Gasteiger partial charge in [0.25, 0.3) is 0 Å². The van der Waals surface area contributed by atoms with Gasteiger partial charge in [0.05, 0.1) is 6.61 Å². The molecule has 0 spiro atoms. The highest BCUT2D eigenvalue weighted by atomic mass is 16.6. The first kappa shape index (κ1) is 41.4. The molecule has 4 saturated carbocycles. The maximum absolute atomic E-state index is 13.2. The van der Waals surface area contributed by atoms with E-state index >= 15 is 0 Å². The normalized spacial score (nSPS) is 32.4. The number of rotatable bonds is 21. The van der Waals surface area contributed by atoms with Crippen LogP contribution in [0.2, 0.25) is 0 Å². The molecule has 0 aromatic heterocycles. The smallest absolute Gasteiger partial charge is 0.335 e. The van der Waals surface area contributed by atoms with E-state index in [9.17, 15) is 4.79 Å². The fourth-order valence-electron chi connectivity index (χ4n) is 12.8. The van der Waals surface area contributed by atoms with E-state index in [0.717, 1.165) is 54.3 Å². The minimum Gasteiger partial charge on any atom is -0.464 e. The van der Waals surface area contributed by atoms with Crippen LogP contribution in [-0.2, 0) is 14.3 Å². The number of fused-ring (bicyclic) bond motifs is 5. The lowest BCUT2D eigenvalue weighted by Crippen LogP contribution is -2.53. The number of unbranched alkanes of at least 4 members (excludes halogenated alkanes) is 13. The molecular formula is C47H80N2O3. The van der Waals surface area contributed by atoms with Crippen molar-refractivity contribution in [2.24, 2.45) is 46.3 Å². The average Bonchev–Trinajstić information content (AvgIpc) is 3.49. The molecule has 0 saturated heterocycles. The Labute approximate surface area is 319 Å². The Morgan fingerprint density at radius 2 is 1.40 bits per heavy atom. The van der Waals surface area contributed by atoms with E-state index in [-0.39, 0.29) is 5.97 Å². The molecule has 52 heavy (non-hydrogen) atoms. The number of carbonyl (C=O) groups excluding carboxylic acids is 1. The predicted molar refractivity (Wildman–Crippen MR) is 219 cm³/mol. The highest BCUT2D eigenvalue weighted by Crippen LogP contribution is 2.69. The summed E-state index contributed by atoms with van der Waals surface area (Å²) >= 11 is 0. The Morgan fingerprint density at radius 3 is 2.04 bits per heavy atom. The van der Waals surface area contributed by atoms with E-state index in [4.69, 9.17) is 20.9 Å². The van der Waals surface area contributed by atoms with Crippen molar-refractivity contribution in [1.29, 1.82) is 0 Å². The van der Waals surface area contributed by atoms with Gasteiger partial charge in [-0.15, -0.1) is 0 Å². The molecule has 5 nitrogen and oxygen atoms in total. The first-order chi connectivity index (χ1) is 25.1. The van der Waals surface area contributed by atoms with Crippen molar-refractivity contribution in [3.05, 3.63) is 23.8 Å². The minimum atomic E-state index is -0.444. The molecule has 4 fully saturated rings. The van der Waals surface area contributed by atoms with Crippen LogP contribution >= 0.6 is 0 Å². The lowest BCUT2D eigenvalue weighted by Gasteiger charge is -2.61. The molecule has 4 aliphatic rings. The van der Waals surface area contributed by atoms with Crippen LogP contribution in [0.15, 0.2) is 18.2 Å². The minimum absolute atomic E-state index is 0.143. The Morgan fingerprint density at radius 1 is 0.788 bits per heavy atom. The van der Waals surface area contributed by atoms with Gasteiger partial charge in [-0.05, 0) is 141 Å². The summed E-state index contributed by atoms with van der Waals surface area (Å²) in [5.74, 6) is 4.85. The molecule has 5 rings (SSSR count). The zero-order valence-electron chi connectivity index (χ0n) is 34.4. The summed E-state index contributed by atoms with van der Waals surface area (Å²) in [5, 5.41) is 0.